The van der Waals surface area contributed by atoms with E-state index in [0.29, 0.717) is 13.2 Å². The molecule has 0 spiro atoms. The lowest BCUT2D eigenvalue weighted by atomic mass is 10.0. The van der Waals surface area contributed by atoms with E-state index in [0.717, 1.165) is 54.2 Å². The van der Waals surface area contributed by atoms with Crippen LogP contribution >= 0.6 is 0 Å². The van der Waals surface area contributed by atoms with Crippen molar-refractivity contribution in [2.75, 3.05) is 13.2 Å². The van der Waals surface area contributed by atoms with Gasteiger partial charge in [-0.1, -0.05) is 50.2 Å². The van der Waals surface area contributed by atoms with Crippen LogP contribution in [0.1, 0.15) is 45.1 Å². The number of benzene rings is 2. The van der Waals surface area contributed by atoms with Gasteiger partial charge in [0, 0.05) is 6.08 Å². The molecule has 0 aliphatic rings. The van der Waals surface area contributed by atoms with Crippen LogP contribution in [0.3, 0.4) is 0 Å². The lowest BCUT2D eigenvalue weighted by Crippen LogP contribution is -2.12. The highest BCUT2D eigenvalue weighted by Gasteiger charge is 2.07. The highest BCUT2D eigenvalue weighted by molar-refractivity contribution is 5.85. The van der Waals surface area contributed by atoms with E-state index in [1.54, 1.807) is 6.08 Å². The van der Waals surface area contributed by atoms with Gasteiger partial charge in [-0.3, -0.25) is 4.79 Å². The summed E-state index contributed by atoms with van der Waals surface area (Å²) in [6.45, 7) is 4.83. The molecule has 0 radical (unpaired) electrons. The van der Waals surface area contributed by atoms with E-state index in [1.807, 2.05) is 62.4 Å². The summed E-state index contributed by atoms with van der Waals surface area (Å²) in [5, 5.41) is 8.68. The van der Waals surface area contributed by atoms with Crippen LogP contribution in [0.25, 0.3) is 17.2 Å². The number of carboxylic acid groups (broad SMARTS) is 1. The number of esters is 1. The molecular formula is C25H30O5. The van der Waals surface area contributed by atoms with Gasteiger partial charge in [0.2, 0.25) is 0 Å². The fourth-order valence-electron chi connectivity index (χ4n) is 2.78. The Morgan fingerprint density at radius 2 is 1.43 bits per heavy atom. The highest BCUT2D eigenvalue weighted by atomic mass is 16.5. The standard InChI is InChI=1S/C25H30O5/c1-19(2)25(28)30-18-6-4-3-5-17-29-23-14-12-22(13-15-23)21-10-7-20(8-11-21)9-16-24(26)27/h7-16,19H,3-6,17-18H2,1-2H3,(H,26,27)/b16-9+. The molecule has 0 bridgehead atoms. The molecule has 1 N–H and O–H groups in total. The molecule has 0 saturated carbocycles. The van der Waals surface area contributed by atoms with Gasteiger partial charge in [-0.05, 0) is 60.6 Å². The van der Waals surface area contributed by atoms with Crippen molar-refractivity contribution in [3.63, 3.8) is 0 Å². The van der Waals surface area contributed by atoms with Crippen LogP contribution in [0.5, 0.6) is 5.75 Å². The molecule has 0 fully saturated rings. The number of aliphatic carboxylic acids is 1. The number of hydrogen-bond donors (Lipinski definition) is 1. The van der Waals surface area contributed by atoms with Crippen molar-refractivity contribution in [1.82, 2.24) is 0 Å². The van der Waals surface area contributed by atoms with Crippen molar-refractivity contribution in [2.45, 2.75) is 39.5 Å². The Labute approximate surface area is 178 Å². The fraction of sp³-hybridized carbons (Fsp3) is 0.360. The first-order chi connectivity index (χ1) is 14.5. The van der Waals surface area contributed by atoms with Gasteiger partial charge in [-0.2, -0.15) is 0 Å². The van der Waals surface area contributed by atoms with E-state index in [1.165, 1.54) is 0 Å². The third kappa shape index (κ3) is 8.52. The Kier molecular flexibility index (Phi) is 9.65. The van der Waals surface area contributed by atoms with Crippen LogP contribution in [0.4, 0.5) is 0 Å². The first kappa shape index (κ1) is 23.2. The monoisotopic (exact) mass is 410 g/mol. The summed E-state index contributed by atoms with van der Waals surface area (Å²) >= 11 is 0. The zero-order chi connectivity index (χ0) is 21.8. The lowest BCUT2D eigenvalue weighted by molar-refractivity contribution is -0.147. The minimum Gasteiger partial charge on any atom is -0.494 e. The van der Waals surface area contributed by atoms with Crippen LogP contribution < -0.4 is 4.74 Å². The smallest absolute Gasteiger partial charge is 0.328 e. The summed E-state index contributed by atoms with van der Waals surface area (Å²) in [4.78, 5) is 21.9. The summed E-state index contributed by atoms with van der Waals surface area (Å²) in [6, 6.07) is 15.7. The van der Waals surface area contributed by atoms with E-state index in [-0.39, 0.29) is 11.9 Å². The van der Waals surface area contributed by atoms with E-state index in [2.05, 4.69) is 0 Å². The molecular weight excluding hydrogens is 380 g/mol. The van der Waals surface area contributed by atoms with E-state index in [4.69, 9.17) is 14.6 Å². The van der Waals surface area contributed by atoms with Crippen LogP contribution in [0, 0.1) is 5.92 Å². The molecule has 0 heterocycles. The molecule has 0 aromatic heterocycles. The number of hydrogen-bond acceptors (Lipinski definition) is 4. The minimum atomic E-state index is -0.957. The van der Waals surface area contributed by atoms with Crippen molar-refractivity contribution in [3.05, 3.63) is 60.2 Å². The molecule has 0 atom stereocenters. The molecule has 5 heteroatoms. The van der Waals surface area contributed by atoms with Gasteiger partial charge in [0.1, 0.15) is 5.75 Å². The molecule has 0 aliphatic carbocycles. The van der Waals surface area contributed by atoms with Crippen molar-refractivity contribution >= 4 is 18.0 Å². The molecule has 0 amide bonds. The molecule has 160 valence electrons. The summed E-state index contributed by atoms with van der Waals surface area (Å²) in [5.41, 5.74) is 2.98. The quantitative estimate of drug-likeness (QED) is 0.280. The van der Waals surface area contributed by atoms with Crippen molar-refractivity contribution < 1.29 is 24.2 Å². The van der Waals surface area contributed by atoms with Crippen LogP contribution in [-0.2, 0) is 14.3 Å². The van der Waals surface area contributed by atoms with Crippen molar-refractivity contribution in [3.8, 4) is 16.9 Å². The highest BCUT2D eigenvalue weighted by Crippen LogP contribution is 2.23. The average Bonchev–Trinajstić information content (AvgIpc) is 2.74. The summed E-state index contributed by atoms with van der Waals surface area (Å²) in [6.07, 6.45) is 6.61. The maximum absolute atomic E-state index is 11.3. The van der Waals surface area contributed by atoms with Gasteiger partial charge in [-0.15, -0.1) is 0 Å². The zero-order valence-corrected chi connectivity index (χ0v) is 17.7. The first-order valence-corrected chi connectivity index (χ1v) is 10.4. The van der Waals surface area contributed by atoms with Gasteiger partial charge in [0.05, 0.1) is 19.1 Å². The Morgan fingerprint density at radius 1 is 0.867 bits per heavy atom. The first-order valence-electron chi connectivity index (χ1n) is 10.4. The van der Waals surface area contributed by atoms with E-state index < -0.39 is 5.97 Å². The predicted octanol–water partition coefficient (Wildman–Crippen LogP) is 5.59. The third-order valence-corrected chi connectivity index (χ3v) is 4.54. The van der Waals surface area contributed by atoms with E-state index in [9.17, 15) is 9.59 Å². The SMILES string of the molecule is CC(C)C(=O)OCCCCCCOc1ccc(-c2ccc(/C=C/C(=O)O)cc2)cc1. The fourth-order valence-corrected chi connectivity index (χ4v) is 2.78. The van der Waals surface area contributed by atoms with E-state index >= 15 is 0 Å². The molecule has 2 rings (SSSR count). The molecule has 2 aromatic carbocycles. The maximum atomic E-state index is 11.3. The lowest BCUT2D eigenvalue weighted by Gasteiger charge is -2.08. The average molecular weight is 411 g/mol. The van der Waals surface area contributed by atoms with Gasteiger partial charge < -0.3 is 14.6 Å². The predicted molar refractivity (Wildman–Crippen MR) is 118 cm³/mol. The Hall–Kier alpha value is -3.08. The Balaban J connectivity index is 1.67. The van der Waals surface area contributed by atoms with Crippen molar-refractivity contribution in [2.24, 2.45) is 5.92 Å². The van der Waals surface area contributed by atoms with Crippen LogP contribution in [0.15, 0.2) is 54.6 Å². The Bertz CT molecular complexity index is 820. The van der Waals surface area contributed by atoms with Gasteiger partial charge in [-0.25, -0.2) is 4.79 Å². The Morgan fingerprint density at radius 3 is 2.00 bits per heavy atom. The number of carbonyl (C=O) groups excluding carboxylic acids is 1. The van der Waals surface area contributed by atoms with Gasteiger partial charge >= 0.3 is 11.9 Å². The van der Waals surface area contributed by atoms with Crippen LogP contribution in [0.2, 0.25) is 0 Å². The minimum absolute atomic E-state index is 0.0647. The molecule has 0 saturated heterocycles. The summed E-state index contributed by atoms with van der Waals surface area (Å²) < 4.78 is 11.0. The number of ether oxygens (including phenoxy) is 2. The van der Waals surface area contributed by atoms with Crippen molar-refractivity contribution in [1.29, 1.82) is 0 Å². The molecule has 0 unspecified atom stereocenters. The summed E-state index contributed by atoms with van der Waals surface area (Å²) in [5.74, 6) is -0.315. The second kappa shape index (κ2) is 12.5. The van der Waals surface area contributed by atoms with Gasteiger partial charge in [0.15, 0.2) is 0 Å². The number of carboxylic acids is 1. The normalized spacial score (nSPS) is 11.0. The summed E-state index contributed by atoms with van der Waals surface area (Å²) in [7, 11) is 0. The third-order valence-electron chi connectivity index (χ3n) is 4.54. The molecule has 30 heavy (non-hydrogen) atoms. The second-order valence-electron chi connectivity index (χ2n) is 7.40. The molecule has 2 aromatic rings. The number of carbonyl (C=O) groups is 2. The second-order valence-corrected chi connectivity index (χ2v) is 7.40. The largest absolute Gasteiger partial charge is 0.494 e. The van der Waals surface area contributed by atoms with Crippen LogP contribution in [-0.4, -0.2) is 30.3 Å². The zero-order valence-electron chi connectivity index (χ0n) is 17.7. The molecule has 0 aliphatic heterocycles. The molecule has 5 nitrogen and oxygen atoms in total. The topological polar surface area (TPSA) is 72.8 Å². The number of unbranched alkanes of at least 4 members (excludes halogenated alkanes) is 3. The van der Waals surface area contributed by atoms with Gasteiger partial charge in [0.25, 0.3) is 0 Å². The maximum Gasteiger partial charge on any atom is 0.328 e. The number of rotatable bonds is 12.